The summed E-state index contributed by atoms with van der Waals surface area (Å²) in [4.78, 5) is 4.32. The summed E-state index contributed by atoms with van der Waals surface area (Å²) < 4.78 is 1.07. The van der Waals surface area contributed by atoms with E-state index in [1.165, 1.54) is 0 Å². The Bertz CT molecular complexity index is 395. The van der Waals surface area contributed by atoms with Gasteiger partial charge in [-0.1, -0.05) is 39.3 Å². The zero-order valence-corrected chi connectivity index (χ0v) is 11.1. The highest BCUT2D eigenvalue weighted by molar-refractivity contribution is 9.10. The molecular weight excluding hydrogens is 296 g/mol. The second-order valence-electron chi connectivity index (χ2n) is 3.12. The number of nitrogens with zero attached hydrogens (tertiary/aromatic N) is 1. The van der Waals surface area contributed by atoms with E-state index in [1.54, 1.807) is 11.8 Å². The molecule has 0 aliphatic carbocycles. The van der Waals surface area contributed by atoms with E-state index in [0.29, 0.717) is 0 Å². The fourth-order valence-electron chi connectivity index (χ4n) is 1.29. The van der Waals surface area contributed by atoms with Gasteiger partial charge in [0.15, 0.2) is 5.17 Å². The number of halogens is 2. The summed E-state index contributed by atoms with van der Waals surface area (Å²) in [5, 5.41) is 5.08. The lowest BCUT2D eigenvalue weighted by atomic mass is 10.2. The second kappa shape index (κ2) is 5.23. The fraction of sp³-hybridized carbons (Fsp3) is 0.300. The maximum atomic E-state index is 5.93. The van der Waals surface area contributed by atoms with Gasteiger partial charge in [0.1, 0.15) is 0 Å². The number of rotatable bonds is 2. The average molecular weight is 306 g/mol. The lowest BCUT2D eigenvalue weighted by Crippen LogP contribution is -2.18. The SMILES string of the molecule is Clc1ccc(Br)c(CNC2=NCCS2)c1. The highest BCUT2D eigenvalue weighted by atomic mass is 79.9. The molecule has 1 N–H and O–H groups in total. The molecular formula is C10H10BrClN2S. The summed E-state index contributed by atoms with van der Waals surface area (Å²) in [6.45, 7) is 1.68. The van der Waals surface area contributed by atoms with Crippen LogP contribution in [-0.2, 0) is 6.54 Å². The molecule has 1 aliphatic heterocycles. The number of amidine groups is 1. The highest BCUT2D eigenvalue weighted by Gasteiger charge is 2.07. The third kappa shape index (κ3) is 3.13. The molecule has 15 heavy (non-hydrogen) atoms. The lowest BCUT2D eigenvalue weighted by molar-refractivity contribution is 0.918. The summed E-state index contributed by atoms with van der Waals surface area (Å²) in [5.41, 5.74) is 1.15. The number of hydrogen-bond acceptors (Lipinski definition) is 3. The van der Waals surface area contributed by atoms with Crippen molar-refractivity contribution in [1.82, 2.24) is 5.32 Å². The third-order valence-electron chi connectivity index (χ3n) is 2.02. The zero-order valence-electron chi connectivity index (χ0n) is 7.96. The Morgan fingerprint density at radius 3 is 3.13 bits per heavy atom. The van der Waals surface area contributed by atoms with Crippen LogP contribution in [0.25, 0.3) is 0 Å². The molecule has 80 valence electrons. The van der Waals surface area contributed by atoms with Gasteiger partial charge in [0, 0.05) is 21.8 Å². The molecule has 0 atom stereocenters. The predicted molar refractivity (Wildman–Crippen MR) is 70.8 cm³/mol. The van der Waals surface area contributed by atoms with Gasteiger partial charge >= 0.3 is 0 Å². The number of nitrogens with one attached hydrogen (secondary N) is 1. The van der Waals surface area contributed by atoms with Gasteiger partial charge in [-0.2, -0.15) is 0 Å². The molecule has 0 radical (unpaired) electrons. The van der Waals surface area contributed by atoms with Crippen molar-refractivity contribution < 1.29 is 0 Å². The van der Waals surface area contributed by atoms with Crippen LogP contribution >= 0.6 is 39.3 Å². The second-order valence-corrected chi connectivity index (χ2v) is 5.50. The molecule has 0 unspecified atom stereocenters. The average Bonchev–Trinajstić information content (AvgIpc) is 2.72. The Labute approximate surface area is 107 Å². The number of aliphatic imine (C=N–C) groups is 1. The summed E-state index contributed by atoms with van der Waals surface area (Å²) in [7, 11) is 0. The molecule has 1 aromatic rings. The Hall–Kier alpha value is -0.190. The van der Waals surface area contributed by atoms with Gasteiger partial charge in [0.05, 0.1) is 6.54 Å². The summed E-state index contributed by atoms with van der Waals surface area (Å²) in [6.07, 6.45) is 0. The van der Waals surface area contributed by atoms with Crippen LogP contribution in [0, 0.1) is 0 Å². The van der Waals surface area contributed by atoms with Gasteiger partial charge in [-0.25, -0.2) is 0 Å². The van der Waals surface area contributed by atoms with Crippen molar-refractivity contribution in [1.29, 1.82) is 0 Å². The first-order chi connectivity index (χ1) is 7.25. The van der Waals surface area contributed by atoms with Crippen LogP contribution in [0.15, 0.2) is 27.7 Å². The third-order valence-corrected chi connectivity index (χ3v) is 3.97. The lowest BCUT2D eigenvalue weighted by Gasteiger charge is -2.07. The number of benzene rings is 1. The summed E-state index contributed by atoms with van der Waals surface area (Å²) in [5.74, 6) is 1.08. The highest BCUT2D eigenvalue weighted by Crippen LogP contribution is 2.21. The van der Waals surface area contributed by atoms with E-state index in [9.17, 15) is 0 Å². The van der Waals surface area contributed by atoms with E-state index in [0.717, 1.165) is 39.1 Å². The Kier molecular flexibility index (Phi) is 3.94. The minimum Gasteiger partial charge on any atom is -0.361 e. The van der Waals surface area contributed by atoms with Crippen molar-refractivity contribution in [2.24, 2.45) is 4.99 Å². The van der Waals surface area contributed by atoms with E-state index in [2.05, 4.69) is 26.2 Å². The standard InChI is InChI=1S/C10H10BrClN2S/c11-9-2-1-8(12)5-7(9)6-14-10-13-3-4-15-10/h1-2,5H,3-4,6H2,(H,13,14). The van der Waals surface area contributed by atoms with Gasteiger partial charge in [0.2, 0.25) is 0 Å². The Morgan fingerprint density at radius 1 is 1.53 bits per heavy atom. The molecule has 0 aromatic heterocycles. The van der Waals surface area contributed by atoms with E-state index in [1.807, 2.05) is 18.2 Å². The van der Waals surface area contributed by atoms with Crippen molar-refractivity contribution >= 4 is 44.5 Å². The van der Waals surface area contributed by atoms with Crippen LogP contribution in [0.5, 0.6) is 0 Å². The van der Waals surface area contributed by atoms with Gasteiger partial charge in [-0.05, 0) is 23.8 Å². The Morgan fingerprint density at radius 2 is 2.40 bits per heavy atom. The largest absolute Gasteiger partial charge is 0.361 e. The molecule has 0 saturated heterocycles. The van der Waals surface area contributed by atoms with Gasteiger partial charge in [-0.15, -0.1) is 0 Å². The summed E-state index contributed by atoms with van der Waals surface area (Å²) >= 11 is 11.2. The fourth-order valence-corrected chi connectivity index (χ4v) is 2.61. The first kappa shape index (κ1) is 11.3. The monoisotopic (exact) mass is 304 g/mol. The van der Waals surface area contributed by atoms with Gasteiger partial charge in [-0.3, -0.25) is 4.99 Å². The minimum atomic E-state index is 0.757. The zero-order chi connectivity index (χ0) is 10.7. The molecule has 0 bridgehead atoms. The van der Waals surface area contributed by atoms with E-state index in [-0.39, 0.29) is 0 Å². The number of thioether (sulfide) groups is 1. The van der Waals surface area contributed by atoms with Crippen LogP contribution in [0.1, 0.15) is 5.56 Å². The normalized spacial score (nSPS) is 15.2. The topological polar surface area (TPSA) is 24.4 Å². The molecule has 2 nitrogen and oxygen atoms in total. The molecule has 0 amide bonds. The minimum absolute atomic E-state index is 0.757. The van der Waals surface area contributed by atoms with E-state index >= 15 is 0 Å². The number of hydrogen-bond donors (Lipinski definition) is 1. The molecule has 0 saturated carbocycles. The predicted octanol–water partition coefficient (Wildman–Crippen LogP) is 3.29. The Balaban J connectivity index is 2.00. The van der Waals surface area contributed by atoms with Crippen molar-refractivity contribution in [3.05, 3.63) is 33.3 Å². The molecule has 0 fully saturated rings. The van der Waals surface area contributed by atoms with E-state index < -0.39 is 0 Å². The molecule has 1 heterocycles. The van der Waals surface area contributed by atoms with Crippen LogP contribution in [0.3, 0.4) is 0 Å². The van der Waals surface area contributed by atoms with Crippen LogP contribution < -0.4 is 5.32 Å². The summed E-state index contributed by atoms with van der Waals surface area (Å²) in [6, 6.07) is 5.79. The maximum Gasteiger partial charge on any atom is 0.156 e. The molecule has 2 rings (SSSR count). The first-order valence-corrected chi connectivity index (χ1v) is 6.76. The van der Waals surface area contributed by atoms with Crippen molar-refractivity contribution in [2.45, 2.75) is 6.54 Å². The molecule has 1 aliphatic rings. The molecule has 5 heteroatoms. The van der Waals surface area contributed by atoms with Crippen molar-refractivity contribution in [2.75, 3.05) is 12.3 Å². The van der Waals surface area contributed by atoms with Gasteiger partial charge < -0.3 is 5.32 Å². The van der Waals surface area contributed by atoms with E-state index in [4.69, 9.17) is 11.6 Å². The van der Waals surface area contributed by atoms with Crippen LogP contribution in [0.4, 0.5) is 0 Å². The maximum absolute atomic E-state index is 5.93. The van der Waals surface area contributed by atoms with Crippen molar-refractivity contribution in [3.8, 4) is 0 Å². The molecule has 0 spiro atoms. The van der Waals surface area contributed by atoms with Crippen molar-refractivity contribution in [3.63, 3.8) is 0 Å². The van der Waals surface area contributed by atoms with Crippen LogP contribution in [0.2, 0.25) is 5.02 Å². The van der Waals surface area contributed by atoms with Crippen LogP contribution in [-0.4, -0.2) is 17.5 Å². The molecule has 1 aromatic carbocycles. The van der Waals surface area contributed by atoms with Gasteiger partial charge in [0.25, 0.3) is 0 Å². The smallest absolute Gasteiger partial charge is 0.156 e. The first-order valence-electron chi connectivity index (χ1n) is 4.61. The quantitative estimate of drug-likeness (QED) is 0.906.